The molecule has 1 aromatic carbocycles. The van der Waals surface area contributed by atoms with Crippen LogP contribution >= 0.6 is 11.9 Å². The van der Waals surface area contributed by atoms with Gasteiger partial charge in [-0.05, 0) is 75.2 Å². The number of piperidine rings is 1. The maximum Gasteiger partial charge on any atom is 0.0230 e. The van der Waals surface area contributed by atoms with E-state index in [2.05, 4.69) is 47.3 Å². The van der Waals surface area contributed by atoms with Crippen molar-refractivity contribution >= 4 is 11.9 Å². The monoisotopic (exact) mass is 304 g/mol. The minimum atomic E-state index is 0.536. The third-order valence-electron chi connectivity index (χ3n) is 4.99. The van der Waals surface area contributed by atoms with Crippen LogP contribution in [0.2, 0.25) is 0 Å². The largest absolute Gasteiger partial charge is 0.303 e. The fourth-order valence-electron chi connectivity index (χ4n) is 3.50. The predicted molar refractivity (Wildman–Crippen MR) is 91.6 cm³/mol. The Labute approximate surface area is 134 Å². The van der Waals surface area contributed by atoms with Crippen LogP contribution < -0.4 is 0 Å². The van der Waals surface area contributed by atoms with Crippen LogP contribution in [0.3, 0.4) is 0 Å². The molecule has 2 fully saturated rings. The smallest absolute Gasteiger partial charge is 0.0230 e. The van der Waals surface area contributed by atoms with Gasteiger partial charge in [0.05, 0.1) is 0 Å². The van der Waals surface area contributed by atoms with Gasteiger partial charge in [-0.25, -0.2) is 4.31 Å². The van der Waals surface area contributed by atoms with E-state index in [9.17, 15) is 0 Å². The van der Waals surface area contributed by atoms with E-state index in [-0.39, 0.29) is 0 Å². The molecule has 3 rings (SSSR count). The van der Waals surface area contributed by atoms with Crippen molar-refractivity contribution in [3.05, 3.63) is 29.8 Å². The minimum absolute atomic E-state index is 0.536. The van der Waals surface area contributed by atoms with E-state index in [0.717, 1.165) is 0 Å². The van der Waals surface area contributed by atoms with Crippen LogP contribution in [-0.2, 0) is 0 Å². The Morgan fingerprint density at radius 2 is 1.62 bits per heavy atom. The molecule has 0 saturated carbocycles. The van der Waals surface area contributed by atoms with Crippen molar-refractivity contribution in [3.63, 3.8) is 0 Å². The van der Waals surface area contributed by atoms with Crippen LogP contribution in [0.4, 0.5) is 0 Å². The number of aryl methyl sites for hydroxylation is 1. The topological polar surface area (TPSA) is 6.48 Å². The van der Waals surface area contributed by atoms with Gasteiger partial charge in [0.25, 0.3) is 0 Å². The first-order valence-corrected chi connectivity index (χ1v) is 9.12. The predicted octanol–water partition coefficient (Wildman–Crippen LogP) is 4.20. The maximum atomic E-state index is 2.68. The molecule has 0 aromatic heterocycles. The average molecular weight is 305 g/mol. The zero-order chi connectivity index (χ0) is 14.7. The van der Waals surface area contributed by atoms with Gasteiger partial charge in [0.2, 0.25) is 0 Å². The van der Waals surface area contributed by atoms with Crippen molar-refractivity contribution in [2.45, 2.75) is 44.4 Å². The van der Waals surface area contributed by atoms with Crippen LogP contribution in [0, 0.1) is 12.3 Å². The third kappa shape index (κ3) is 4.24. The van der Waals surface area contributed by atoms with Crippen LogP contribution in [0.15, 0.2) is 29.2 Å². The molecule has 0 bridgehead atoms. The fraction of sp³-hybridized carbons (Fsp3) is 0.667. The first-order chi connectivity index (χ1) is 10.1. The molecule has 3 heteroatoms. The highest BCUT2D eigenvalue weighted by atomic mass is 32.2. The summed E-state index contributed by atoms with van der Waals surface area (Å²) >= 11 is 1.94. The Morgan fingerprint density at radius 3 is 2.24 bits per heavy atom. The summed E-state index contributed by atoms with van der Waals surface area (Å²) in [6, 6.07) is 8.92. The number of benzene rings is 1. The summed E-state index contributed by atoms with van der Waals surface area (Å²) in [4.78, 5) is 4.06. The summed E-state index contributed by atoms with van der Waals surface area (Å²) in [5, 5.41) is 0. The van der Waals surface area contributed by atoms with Gasteiger partial charge < -0.3 is 4.90 Å². The van der Waals surface area contributed by atoms with Crippen molar-refractivity contribution in [2.24, 2.45) is 5.41 Å². The highest BCUT2D eigenvalue weighted by molar-refractivity contribution is 7.97. The van der Waals surface area contributed by atoms with Crippen LogP contribution in [0.1, 0.15) is 38.2 Å². The quantitative estimate of drug-likeness (QED) is 0.770. The average Bonchev–Trinajstić information content (AvgIpc) is 2.97. The summed E-state index contributed by atoms with van der Waals surface area (Å²) in [5.41, 5.74) is 1.88. The second-order valence-corrected chi connectivity index (χ2v) is 8.30. The van der Waals surface area contributed by atoms with Gasteiger partial charge in [-0.2, -0.15) is 0 Å². The zero-order valence-electron chi connectivity index (χ0n) is 13.5. The molecule has 0 aliphatic carbocycles. The molecule has 2 aliphatic rings. The van der Waals surface area contributed by atoms with E-state index >= 15 is 0 Å². The maximum absolute atomic E-state index is 2.68. The Bertz CT molecular complexity index is 443. The van der Waals surface area contributed by atoms with Crippen molar-refractivity contribution < 1.29 is 0 Å². The normalized spacial score (nSPS) is 23.5. The molecule has 0 amide bonds. The van der Waals surface area contributed by atoms with E-state index in [1.807, 2.05) is 11.9 Å². The molecular weight excluding hydrogens is 276 g/mol. The number of nitrogens with zero attached hydrogens (tertiary/aromatic N) is 2. The lowest BCUT2D eigenvalue weighted by Crippen LogP contribution is -2.42. The lowest BCUT2D eigenvalue weighted by Gasteiger charge is -2.41. The van der Waals surface area contributed by atoms with Gasteiger partial charge in [-0.1, -0.05) is 24.6 Å². The Balaban J connectivity index is 1.48. The van der Waals surface area contributed by atoms with Gasteiger partial charge in [-0.3, -0.25) is 0 Å². The summed E-state index contributed by atoms with van der Waals surface area (Å²) in [5.74, 6) is 0. The van der Waals surface area contributed by atoms with E-state index in [1.165, 1.54) is 68.9 Å². The molecule has 0 unspecified atom stereocenters. The van der Waals surface area contributed by atoms with Crippen molar-refractivity contribution in [1.82, 2.24) is 9.21 Å². The molecule has 2 heterocycles. The summed E-state index contributed by atoms with van der Waals surface area (Å²) in [6.07, 6.45) is 5.49. The molecule has 0 N–H and O–H groups in total. The molecular formula is C18H28N2S. The van der Waals surface area contributed by atoms with Crippen molar-refractivity contribution in [2.75, 3.05) is 32.7 Å². The van der Waals surface area contributed by atoms with Gasteiger partial charge in [-0.15, -0.1) is 0 Å². The standard InChI is InChI=1S/C18H28N2S/c1-16-5-7-17(8-6-16)21-20-13-9-18(2,10-14-20)15-19-11-3-4-12-19/h5-8H,3-4,9-15H2,1-2H3. The fourth-order valence-corrected chi connectivity index (χ4v) is 4.43. The van der Waals surface area contributed by atoms with E-state index in [0.29, 0.717) is 5.41 Å². The molecule has 0 radical (unpaired) electrons. The SMILES string of the molecule is Cc1ccc(SN2CCC(C)(CN3CCCC3)CC2)cc1. The molecule has 21 heavy (non-hydrogen) atoms. The summed E-state index contributed by atoms with van der Waals surface area (Å²) in [7, 11) is 0. The van der Waals surface area contributed by atoms with Crippen LogP contribution in [0.25, 0.3) is 0 Å². The Hall–Kier alpha value is -0.510. The molecule has 0 spiro atoms. The summed E-state index contributed by atoms with van der Waals surface area (Å²) < 4.78 is 2.55. The summed E-state index contributed by atoms with van der Waals surface area (Å²) in [6.45, 7) is 11.1. The van der Waals surface area contributed by atoms with Gasteiger partial charge in [0, 0.05) is 24.5 Å². The van der Waals surface area contributed by atoms with Crippen LogP contribution in [0.5, 0.6) is 0 Å². The van der Waals surface area contributed by atoms with Crippen molar-refractivity contribution in [1.29, 1.82) is 0 Å². The van der Waals surface area contributed by atoms with Gasteiger partial charge in [0.1, 0.15) is 0 Å². The van der Waals surface area contributed by atoms with Crippen LogP contribution in [-0.4, -0.2) is 41.9 Å². The number of hydrogen-bond acceptors (Lipinski definition) is 3. The third-order valence-corrected chi connectivity index (χ3v) is 6.10. The highest BCUT2D eigenvalue weighted by Crippen LogP contribution is 2.36. The zero-order valence-corrected chi connectivity index (χ0v) is 14.3. The van der Waals surface area contributed by atoms with Crippen molar-refractivity contribution in [3.8, 4) is 0 Å². The van der Waals surface area contributed by atoms with E-state index in [1.54, 1.807) is 0 Å². The van der Waals surface area contributed by atoms with E-state index < -0.39 is 0 Å². The molecule has 116 valence electrons. The van der Waals surface area contributed by atoms with E-state index in [4.69, 9.17) is 0 Å². The number of hydrogen-bond donors (Lipinski definition) is 0. The lowest BCUT2D eigenvalue weighted by molar-refractivity contribution is 0.122. The Kier molecular flexibility index (Phi) is 4.92. The second-order valence-electron chi connectivity index (χ2n) is 7.13. The molecule has 2 nitrogen and oxygen atoms in total. The van der Waals surface area contributed by atoms with Gasteiger partial charge in [0.15, 0.2) is 0 Å². The number of rotatable bonds is 4. The molecule has 2 aliphatic heterocycles. The first kappa shape index (κ1) is 15.4. The Morgan fingerprint density at radius 1 is 1.00 bits per heavy atom. The second kappa shape index (κ2) is 6.72. The first-order valence-electron chi connectivity index (χ1n) is 8.35. The molecule has 1 aromatic rings. The molecule has 2 saturated heterocycles. The minimum Gasteiger partial charge on any atom is -0.303 e. The molecule has 0 atom stereocenters. The highest BCUT2D eigenvalue weighted by Gasteiger charge is 2.32. The lowest BCUT2D eigenvalue weighted by atomic mass is 9.80. The van der Waals surface area contributed by atoms with Gasteiger partial charge >= 0.3 is 0 Å². The number of likely N-dealkylation sites (tertiary alicyclic amines) is 1.